The van der Waals surface area contributed by atoms with Crippen molar-refractivity contribution >= 4 is 17.8 Å². The molecule has 0 radical (unpaired) electrons. The van der Waals surface area contributed by atoms with Crippen LogP contribution in [-0.2, 0) is 19.1 Å². The van der Waals surface area contributed by atoms with Crippen molar-refractivity contribution in [1.82, 2.24) is 5.32 Å². The standard InChI is InChI=1S/C17H29NO5/c1-7-9-13(10-11-14(20)22-8-2)15(12(3)19)18-16(21)23-17(4,5)6/h10-11,13,15H,7-9H2,1-6H3,(H,18,21)/b11-10+/t13-,15+/m0/s1. The van der Waals surface area contributed by atoms with Gasteiger partial charge in [0, 0.05) is 12.0 Å². The smallest absolute Gasteiger partial charge is 0.408 e. The molecule has 1 N–H and O–H groups in total. The van der Waals surface area contributed by atoms with Crippen LogP contribution < -0.4 is 5.32 Å². The molecule has 1 amide bonds. The molecular weight excluding hydrogens is 298 g/mol. The maximum atomic E-state index is 11.9. The quantitative estimate of drug-likeness (QED) is 0.547. The average molecular weight is 327 g/mol. The van der Waals surface area contributed by atoms with Gasteiger partial charge in [0.05, 0.1) is 12.6 Å². The van der Waals surface area contributed by atoms with E-state index in [1.54, 1.807) is 33.8 Å². The summed E-state index contributed by atoms with van der Waals surface area (Å²) in [7, 11) is 0. The Morgan fingerprint density at radius 3 is 2.22 bits per heavy atom. The van der Waals surface area contributed by atoms with E-state index in [0.717, 1.165) is 6.42 Å². The highest BCUT2D eigenvalue weighted by molar-refractivity contribution is 5.86. The monoisotopic (exact) mass is 327 g/mol. The van der Waals surface area contributed by atoms with E-state index in [4.69, 9.17) is 9.47 Å². The highest BCUT2D eigenvalue weighted by atomic mass is 16.6. The third-order valence-electron chi connectivity index (χ3n) is 2.93. The summed E-state index contributed by atoms with van der Waals surface area (Å²) in [6, 6.07) is -0.740. The fraction of sp³-hybridized carbons (Fsp3) is 0.706. The van der Waals surface area contributed by atoms with E-state index in [2.05, 4.69) is 5.32 Å². The summed E-state index contributed by atoms with van der Waals surface area (Å²) < 4.78 is 10.0. The lowest BCUT2D eigenvalue weighted by Gasteiger charge is -2.26. The molecule has 23 heavy (non-hydrogen) atoms. The number of Topliss-reactive ketones (excluding diaryl/α,β-unsaturated/α-hetero) is 1. The molecule has 0 fully saturated rings. The lowest BCUT2D eigenvalue weighted by molar-refractivity contribution is -0.137. The largest absolute Gasteiger partial charge is 0.463 e. The van der Waals surface area contributed by atoms with Gasteiger partial charge in [0.2, 0.25) is 0 Å². The molecule has 0 unspecified atom stereocenters. The van der Waals surface area contributed by atoms with Crippen molar-refractivity contribution in [1.29, 1.82) is 0 Å². The summed E-state index contributed by atoms with van der Waals surface area (Å²) in [5.74, 6) is -0.953. The number of rotatable bonds is 8. The Kier molecular flexibility index (Phi) is 9.22. The van der Waals surface area contributed by atoms with E-state index in [9.17, 15) is 14.4 Å². The van der Waals surface area contributed by atoms with Crippen LogP contribution >= 0.6 is 0 Å². The number of carbonyl (C=O) groups is 3. The number of nitrogens with one attached hydrogen (secondary N) is 1. The zero-order valence-electron chi connectivity index (χ0n) is 15.0. The van der Waals surface area contributed by atoms with Crippen molar-refractivity contribution in [3.8, 4) is 0 Å². The predicted octanol–water partition coefficient (Wildman–Crippen LogP) is 3.00. The number of ether oxygens (including phenoxy) is 2. The summed E-state index contributed by atoms with van der Waals surface area (Å²) in [6.45, 7) is 10.6. The molecule has 6 nitrogen and oxygen atoms in total. The van der Waals surface area contributed by atoms with Crippen LogP contribution in [0.15, 0.2) is 12.2 Å². The summed E-state index contributed by atoms with van der Waals surface area (Å²) in [5.41, 5.74) is -0.646. The molecule has 132 valence electrons. The SMILES string of the molecule is CCC[C@@H](/C=C/C(=O)OCC)[C@H](NC(=O)OC(C)(C)C)C(C)=O. The van der Waals surface area contributed by atoms with Crippen molar-refractivity contribution in [2.75, 3.05) is 6.61 Å². The minimum atomic E-state index is -0.740. The molecule has 0 aromatic rings. The van der Waals surface area contributed by atoms with Crippen LogP contribution in [0.25, 0.3) is 0 Å². The van der Waals surface area contributed by atoms with E-state index in [0.29, 0.717) is 6.42 Å². The Hall–Kier alpha value is -1.85. The topological polar surface area (TPSA) is 81.7 Å². The fourth-order valence-electron chi connectivity index (χ4n) is 2.04. The lowest BCUT2D eigenvalue weighted by Crippen LogP contribution is -2.46. The number of hydrogen-bond acceptors (Lipinski definition) is 5. The molecule has 0 aliphatic rings. The van der Waals surface area contributed by atoms with Gasteiger partial charge in [0.1, 0.15) is 5.60 Å². The minimum absolute atomic E-state index is 0.192. The Balaban J connectivity index is 5.06. The second kappa shape index (κ2) is 10.0. The van der Waals surface area contributed by atoms with Crippen LogP contribution in [-0.4, -0.2) is 36.1 Å². The number of carbonyl (C=O) groups excluding carboxylic acids is 3. The highest BCUT2D eigenvalue weighted by Crippen LogP contribution is 2.16. The van der Waals surface area contributed by atoms with Crippen molar-refractivity contribution in [3.05, 3.63) is 12.2 Å². The molecule has 0 spiro atoms. The Labute approximate surface area is 138 Å². The molecular formula is C17H29NO5. The molecule has 0 aliphatic carbocycles. The number of alkyl carbamates (subject to hydrolysis) is 1. The highest BCUT2D eigenvalue weighted by Gasteiger charge is 2.27. The first-order valence-corrected chi connectivity index (χ1v) is 7.95. The van der Waals surface area contributed by atoms with E-state index in [1.807, 2.05) is 6.92 Å². The van der Waals surface area contributed by atoms with Gasteiger partial charge in [-0.1, -0.05) is 19.4 Å². The molecule has 0 aromatic carbocycles. The zero-order chi connectivity index (χ0) is 18.0. The van der Waals surface area contributed by atoms with E-state index in [1.165, 1.54) is 13.0 Å². The molecule has 2 atom stereocenters. The molecule has 0 aliphatic heterocycles. The van der Waals surface area contributed by atoms with Crippen molar-refractivity contribution in [2.45, 2.75) is 66.0 Å². The van der Waals surface area contributed by atoms with Gasteiger partial charge in [-0.3, -0.25) is 4.79 Å². The molecule has 0 aromatic heterocycles. The summed E-state index contributed by atoms with van der Waals surface area (Å²) >= 11 is 0. The maximum absolute atomic E-state index is 11.9. The van der Waals surface area contributed by atoms with Gasteiger partial charge < -0.3 is 14.8 Å². The molecule has 0 saturated carbocycles. The second-order valence-electron chi connectivity index (χ2n) is 6.30. The van der Waals surface area contributed by atoms with Gasteiger partial charge in [0.15, 0.2) is 5.78 Å². The van der Waals surface area contributed by atoms with Crippen LogP contribution in [0.5, 0.6) is 0 Å². The Morgan fingerprint density at radius 2 is 1.78 bits per heavy atom. The van der Waals surface area contributed by atoms with Gasteiger partial charge in [-0.05, 0) is 41.0 Å². The van der Waals surface area contributed by atoms with Gasteiger partial charge >= 0.3 is 12.1 Å². The van der Waals surface area contributed by atoms with Crippen LogP contribution in [0.1, 0.15) is 54.4 Å². The molecule has 0 rings (SSSR count). The first-order chi connectivity index (χ1) is 10.6. The van der Waals surface area contributed by atoms with Crippen LogP contribution in [0, 0.1) is 5.92 Å². The fourth-order valence-corrected chi connectivity index (χ4v) is 2.04. The van der Waals surface area contributed by atoms with Gasteiger partial charge in [0.25, 0.3) is 0 Å². The number of esters is 1. The van der Waals surface area contributed by atoms with Crippen molar-refractivity contribution in [2.24, 2.45) is 5.92 Å². The van der Waals surface area contributed by atoms with Gasteiger partial charge in [-0.25, -0.2) is 9.59 Å². The van der Waals surface area contributed by atoms with E-state index < -0.39 is 23.7 Å². The minimum Gasteiger partial charge on any atom is -0.463 e. The van der Waals surface area contributed by atoms with Gasteiger partial charge in [-0.2, -0.15) is 0 Å². The first kappa shape index (κ1) is 21.1. The number of amides is 1. The van der Waals surface area contributed by atoms with Crippen molar-refractivity contribution in [3.63, 3.8) is 0 Å². The third kappa shape index (κ3) is 9.71. The Bertz CT molecular complexity index is 437. The number of ketones is 1. The van der Waals surface area contributed by atoms with E-state index in [-0.39, 0.29) is 18.3 Å². The molecule has 6 heteroatoms. The zero-order valence-corrected chi connectivity index (χ0v) is 15.0. The van der Waals surface area contributed by atoms with E-state index >= 15 is 0 Å². The van der Waals surface area contributed by atoms with Crippen LogP contribution in [0.3, 0.4) is 0 Å². The van der Waals surface area contributed by atoms with Crippen LogP contribution in [0.4, 0.5) is 4.79 Å². The van der Waals surface area contributed by atoms with Crippen molar-refractivity contribution < 1.29 is 23.9 Å². The number of hydrogen-bond donors (Lipinski definition) is 1. The second-order valence-corrected chi connectivity index (χ2v) is 6.30. The lowest BCUT2D eigenvalue weighted by atomic mass is 9.91. The molecule has 0 heterocycles. The summed E-state index contributed by atoms with van der Waals surface area (Å²) in [4.78, 5) is 35.3. The molecule has 0 bridgehead atoms. The first-order valence-electron chi connectivity index (χ1n) is 7.95. The summed E-state index contributed by atoms with van der Waals surface area (Å²) in [5, 5.41) is 2.60. The van der Waals surface area contributed by atoms with Gasteiger partial charge in [-0.15, -0.1) is 0 Å². The average Bonchev–Trinajstić information content (AvgIpc) is 2.39. The Morgan fingerprint density at radius 1 is 1.17 bits per heavy atom. The predicted molar refractivity (Wildman–Crippen MR) is 88.0 cm³/mol. The summed E-state index contributed by atoms with van der Waals surface area (Å²) in [6.07, 6.45) is 3.72. The van der Waals surface area contributed by atoms with Crippen LogP contribution in [0.2, 0.25) is 0 Å². The maximum Gasteiger partial charge on any atom is 0.408 e. The third-order valence-corrected chi connectivity index (χ3v) is 2.93. The normalized spacial score (nSPS) is 14.2. The molecule has 0 saturated heterocycles.